The van der Waals surface area contributed by atoms with E-state index in [0.29, 0.717) is 31.4 Å². The van der Waals surface area contributed by atoms with E-state index in [-0.39, 0.29) is 6.04 Å². The Labute approximate surface area is 151 Å². The number of anilines is 2. The zero-order valence-corrected chi connectivity index (χ0v) is 15.1. The first kappa shape index (κ1) is 17.4. The molecule has 0 atom stereocenters. The van der Waals surface area contributed by atoms with Crippen molar-refractivity contribution in [1.82, 2.24) is 19.5 Å². The fourth-order valence-electron chi connectivity index (χ4n) is 2.47. The van der Waals surface area contributed by atoms with Gasteiger partial charge in [-0.1, -0.05) is 23.7 Å². The average molecular weight is 360 g/mol. The fraction of sp³-hybridized carbons (Fsp3) is 0.353. The molecule has 0 saturated heterocycles. The van der Waals surface area contributed by atoms with E-state index >= 15 is 0 Å². The number of hydrogen-bond donors (Lipinski definition) is 3. The average Bonchev–Trinajstić information content (AvgIpc) is 3.03. The van der Waals surface area contributed by atoms with Crippen LogP contribution in [-0.4, -0.2) is 32.6 Å². The molecule has 3 aromatic rings. The van der Waals surface area contributed by atoms with Crippen LogP contribution in [0.25, 0.3) is 11.2 Å². The van der Waals surface area contributed by atoms with Crippen molar-refractivity contribution in [2.45, 2.75) is 26.4 Å². The second-order valence-corrected chi connectivity index (χ2v) is 6.45. The number of rotatable bonds is 7. The van der Waals surface area contributed by atoms with Gasteiger partial charge in [0.1, 0.15) is 0 Å². The summed E-state index contributed by atoms with van der Waals surface area (Å²) in [5, 5.41) is 7.21. The molecule has 0 aliphatic heterocycles. The largest absolute Gasteiger partial charge is 0.364 e. The van der Waals surface area contributed by atoms with Crippen molar-refractivity contribution in [1.29, 1.82) is 0 Å². The monoisotopic (exact) mass is 359 g/mol. The molecule has 25 heavy (non-hydrogen) atoms. The maximum Gasteiger partial charge on any atom is 0.226 e. The Kier molecular flexibility index (Phi) is 5.35. The van der Waals surface area contributed by atoms with Crippen LogP contribution in [0.2, 0.25) is 5.02 Å². The molecule has 2 heterocycles. The molecular weight excluding hydrogens is 338 g/mol. The van der Waals surface area contributed by atoms with Gasteiger partial charge in [-0.25, -0.2) is 4.98 Å². The number of fused-ring (bicyclic) bond motifs is 1. The van der Waals surface area contributed by atoms with Crippen LogP contribution in [0.4, 0.5) is 11.8 Å². The van der Waals surface area contributed by atoms with Gasteiger partial charge in [0, 0.05) is 30.7 Å². The number of nitrogens with two attached hydrogens (primary N) is 1. The Morgan fingerprint density at radius 1 is 1.16 bits per heavy atom. The maximum absolute atomic E-state index is 5.94. The fourth-order valence-corrected chi connectivity index (χ4v) is 2.59. The molecule has 1 aromatic carbocycles. The lowest BCUT2D eigenvalue weighted by atomic mass is 10.2. The Morgan fingerprint density at radius 2 is 1.92 bits per heavy atom. The molecule has 0 amide bonds. The van der Waals surface area contributed by atoms with Crippen LogP contribution in [0.1, 0.15) is 25.5 Å². The summed E-state index contributed by atoms with van der Waals surface area (Å²) in [4.78, 5) is 13.6. The minimum atomic E-state index is 0.256. The van der Waals surface area contributed by atoms with Crippen LogP contribution in [0.15, 0.2) is 30.6 Å². The Hall–Kier alpha value is -2.38. The normalized spacial score (nSPS) is 11.2. The van der Waals surface area contributed by atoms with Crippen molar-refractivity contribution in [3.8, 4) is 0 Å². The highest BCUT2D eigenvalue weighted by atomic mass is 35.5. The second kappa shape index (κ2) is 7.67. The van der Waals surface area contributed by atoms with Gasteiger partial charge in [0.15, 0.2) is 17.0 Å². The molecule has 4 N–H and O–H groups in total. The number of nitrogens with one attached hydrogen (secondary N) is 2. The van der Waals surface area contributed by atoms with Crippen molar-refractivity contribution in [3.63, 3.8) is 0 Å². The standard InChI is InChI=1S/C17H22ClN7/c1-11(2)25-10-22-14-15(21-9-12-3-5-13(18)6-4-12)23-17(20-8-7-19)24-16(14)25/h3-6,10-11H,7-9,19H2,1-2H3,(H2,20,21,23,24). The molecule has 0 fully saturated rings. The summed E-state index contributed by atoms with van der Waals surface area (Å²) in [5.41, 5.74) is 8.22. The predicted octanol–water partition coefficient (Wildman–Crippen LogP) is 3.04. The zero-order chi connectivity index (χ0) is 17.8. The highest BCUT2D eigenvalue weighted by Gasteiger charge is 2.14. The molecule has 2 aromatic heterocycles. The van der Waals surface area contributed by atoms with Crippen LogP contribution in [0, 0.1) is 0 Å². The minimum absolute atomic E-state index is 0.256. The number of aromatic nitrogens is 4. The minimum Gasteiger partial charge on any atom is -0.364 e. The summed E-state index contributed by atoms with van der Waals surface area (Å²) >= 11 is 5.94. The van der Waals surface area contributed by atoms with Crippen molar-refractivity contribution in [2.75, 3.05) is 23.7 Å². The first-order valence-electron chi connectivity index (χ1n) is 8.25. The molecule has 3 rings (SSSR count). The molecule has 0 spiro atoms. The number of hydrogen-bond acceptors (Lipinski definition) is 6. The molecular formula is C17H22ClN7. The van der Waals surface area contributed by atoms with Crippen LogP contribution >= 0.6 is 11.6 Å². The van der Waals surface area contributed by atoms with E-state index in [1.807, 2.05) is 28.8 Å². The summed E-state index contributed by atoms with van der Waals surface area (Å²) in [6, 6.07) is 7.96. The van der Waals surface area contributed by atoms with Crippen LogP contribution < -0.4 is 16.4 Å². The molecule has 0 aliphatic rings. The first-order valence-corrected chi connectivity index (χ1v) is 8.63. The van der Waals surface area contributed by atoms with E-state index in [1.54, 1.807) is 6.33 Å². The number of halogens is 1. The number of benzene rings is 1. The van der Waals surface area contributed by atoms with Crippen molar-refractivity contribution in [3.05, 3.63) is 41.2 Å². The summed E-state index contributed by atoms with van der Waals surface area (Å²) in [6.07, 6.45) is 1.80. The SMILES string of the molecule is CC(C)n1cnc2c(NCc3ccc(Cl)cc3)nc(NCCN)nc21. The van der Waals surface area contributed by atoms with E-state index < -0.39 is 0 Å². The van der Waals surface area contributed by atoms with Gasteiger partial charge in [-0.2, -0.15) is 9.97 Å². The van der Waals surface area contributed by atoms with Crippen molar-refractivity contribution in [2.24, 2.45) is 5.73 Å². The lowest BCUT2D eigenvalue weighted by molar-refractivity contribution is 0.613. The van der Waals surface area contributed by atoms with Gasteiger partial charge in [0.2, 0.25) is 5.95 Å². The lowest BCUT2D eigenvalue weighted by Crippen LogP contribution is -2.16. The van der Waals surface area contributed by atoms with Crippen LogP contribution in [0.5, 0.6) is 0 Å². The van der Waals surface area contributed by atoms with Crippen molar-refractivity contribution < 1.29 is 0 Å². The Bertz CT molecular complexity index is 842. The highest BCUT2D eigenvalue weighted by Crippen LogP contribution is 2.24. The maximum atomic E-state index is 5.94. The zero-order valence-electron chi connectivity index (χ0n) is 14.3. The molecule has 7 nitrogen and oxygen atoms in total. The van der Waals surface area contributed by atoms with E-state index in [9.17, 15) is 0 Å². The van der Waals surface area contributed by atoms with Crippen LogP contribution in [-0.2, 0) is 6.54 Å². The number of imidazole rings is 1. The molecule has 0 aliphatic carbocycles. The Balaban J connectivity index is 1.92. The molecule has 0 saturated carbocycles. The van der Waals surface area contributed by atoms with Gasteiger partial charge < -0.3 is 20.9 Å². The third-order valence-electron chi connectivity index (χ3n) is 3.78. The third kappa shape index (κ3) is 4.00. The summed E-state index contributed by atoms with van der Waals surface area (Å²) in [6.45, 7) is 5.93. The molecule has 0 radical (unpaired) electrons. The van der Waals surface area contributed by atoms with Gasteiger partial charge in [-0.15, -0.1) is 0 Å². The summed E-state index contributed by atoms with van der Waals surface area (Å²) < 4.78 is 2.03. The smallest absolute Gasteiger partial charge is 0.226 e. The second-order valence-electron chi connectivity index (χ2n) is 6.01. The molecule has 8 heteroatoms. The first-order chi connectivity index (χ1) is 12.1. The highest BCUT2D eigenvalue weighted by molar-refractivity contribution is 6.30. The Morgan fingerprint density at radius 3 is 2.60 bits per heavy atom. The van der Waals surface area contributed by atoms with Crippen LogP contribution in [0.3, 0.4) is 0 Å². The van der Waals surface area contributed by atoms with Gasteiger partial charge >= 0.3 is 0 Å². The number of nitrogens with zero attached hydrogens (tertiary/aromatic N) is 4. The lowest BCUT2D eigenvalue weighted by Gasteiger charge is -2.12. The van der Waals surface area contributed by atoms with E-state index in [4.69, 9.17) is 17.3 Å². The topological polar surface area (TPSA) is 93.7 Å². The molecule has 0 bridgehead atoms. The van der Waals surface area contributed by atoms with Gasteiger partial charge in [0.05, 0.1) is 6.33 Å². The van der Waals surface area contributed by atoms with Gasteiger partial charge in [0.25, 0.3) is 0 Å². The van der Waals surface area contributed by atoms with Gasteiger partial charge in [-0.05, 0) is 31.5 Å². The van der Waals surface area contributed by atoms with E-state index in [1.165, 1.54) is 0 Å². The summed E-state index contributed by atoms with van der Waals surface area (Å²) in [5.74, 6) is 1.23. The molecule has 0 unspecified atom stereocenters. The van der Waals surface area contributed by atoms with Gasteiger partial charge in [-0.3, -0.25) is 0 Å². The quantitative estimate of drug-likeness (QED) is 0.600. The van der Waals surface area contributed by atoms with E-state index in [2.05, 4.69) is 39.4 Å². The summed E-state index contributed by atoms with van der Waals surface area (Å²) in [7, 11) is 0. The van der Waals surface area contributed by atoms with E-state index in [0.717, 1.165) is 21.7 Å². The predicted molar refractivity (Wildman–Crippen MR) is 102 cm³/mol. The third-order valence-corrected chi connectivity index (χ3v) is 4.03. The van der Waals surface area contributed by atoms with Crippen molar-refractivity contribution >= 4 is 34.5 Å². The molecule has 132 valence electrons.